The van der Waals surface area contributed by atoms with Crippen molar-refractivity contribution < 1.29 is 4.42 Å². The van der Waals surface area contributed by atoms with Gasteiger partial charge in [0.15, 0.2) is 0 Å². The van der Waals surface area contributed by atoms with Crippen molar-refractivity contribution in [3.05, 3.63) is 231 Å². The highest BCUT2D eigenvalue weighted by Gasteiger charge is 2.25. The van der Waals surface area contributed by atoms with E-state index < -0.39 is 0 Å². The molecule has 0 amide bonds. The van der Waals surface area contributed by atoms with Crippen LogP contribution in [0.5, 0.6) is 0 Å². The van der Waals surface area contributed by atoms with Crippen molar-refractivity contribution in [2.24, 2.45) is 0 Å². The molecule has 3 nitrogen and oxygen atoms in total. The van der Waals surface area contributed by atoms with Crippen LogP contribution in [0.25, 0.3) is 93.6 Å². The first kappa shape index (κ1) is 34.9. The maximum absolute atomic E-state index is 6.66. The molecule has 0 fully saturated rings. The lowest BCUT2D eigenvalue weighted by atomic mass is 9.92. The molecule has 0 saturated heterocycles. The van der Waals surface area contributed by atoms with Gasteiger partial charge in [-0.15, -0.1) is 0 Å². The van der Waals surface area contributed by atoms with Crippen LogP contribution in [0.2, 0.25) is 0 Å². The summed E-state index contributed by atoms with van der Waals surface area (Å²) in [5.74, 6) is 0. The number of anilines is 3. The first-order chi connectivity index (χ1) is 30.3. The van der Waals surface area contributed by atoms with E-state index in [0.29, 0.717) is 0 Å². The second kappa shape index (κ2) is 14.3. The lowest BCUT2D eigenvalue weighted by Crippen LogP contribution is -2.12. The number of rotatable bonds is 7. The van der Waals surface area contributed by atoms with Crippen molar-refractivity contribution in [3.63, 3.8) is 0 Å². The topological polar surface area (TPSA) is 21.3 Å². The van der Waals surface area contributed by atoms with Gasteiger partial charge in [-0.1, -0.05) is 176 Å². The van der Waals surface area contributed by atoms with Crippen LogP contribution in [0.4, 0.5) is 17.1 Å². The fourth-order valence-electron chi connectivity index (χ4n) is 9.53. The molecular formula is C58H38N2O. The standard InChI is InChI=1S/C58H38N2O/c1-3-18-40(19-4-1)51-38-42(36-37-45(51)48-29-16-30-49-47-26-11-14-35-56(47)61-58(48)49)60(52-31-12-9-25-46(52)44-28-15-21-39-20-7-8-24-43(39)44)55-34-17-33-54-57(55)50-27-10-13-32-53(50)59(54)41-22-5-2-6-23-41/h1-38H. The molecule has 0 saturated carbocycles. The summed E-state index contributed by atoms with van der Waals surface area (Å²) in [6, 6.07) is 83.0. The Labute approximate surface area is 353 Å². The zero-order valence-corrected chi connectivity index (χ0v) is 33.2. The molecule has 0 aliphatic carbocycles. The van der Waals surface area contributed by atoms with Gasteiger partial charge in [-0.05, 0) is 87.6 Å². The van der Waals surface area contributed by atoms with E-state index >= 15 is 0 Å². The predicted octanol–water partition coefficient (Wildman–Crippen LogP) is 16.3. The van der Waals surface area contributed by atoms with Crippen molar-refractivity contribution in [2.75, 3.05) is 4.90 Å². The van der Waals surface area contributed by atoms with E-state index in [1.54, 1.807) is 0 Å². The van der Waals surface area contributed by atoms with Crippen molar-refractivity contribution in [1.29, 1.82) is 0 Å². The van der Waals surface area contributed by atoms with Crippen molar-refractivity contribution in [3.8, 4) is 39.1 Å². The van der Waals surface area contributed by atoms with E-state index in [9.17, 15) is 0 Å². The minimum absolute atomic E-state index is 0.891. The molecule has 2 heterocycles. The fourth-order valence-corrected chi connectivity index (χ4v) is 9.53. The van der Waals surface area contributed by atoms with Crippen LogP contribution in [-0.2, 0) is 0 Å². The van der Waals surface area contributed by atoms with Gasteiger partial charge in [0.2, 0.25) is 0 Å². The highest BCUT2D eigenvalue weighted by atomic mass is 16.3. The molecular weight excluding hydrogens is 741 g/mol. The molecule has 286 valence electrons. The summed E-state index contributed by atoms with van der Waals surface area (Å²) in [7, 11) is 0. The number of fused-ring (bicyclic) bond motifs is 7. The molecule has 0 aliphatic rings. The van der Waals surface area contributed by atoms with E-state index in [1.807, 2.05) is 6.07 Å². The predicted molar refractivity (Wildman–Crippen MR) is 257 cm³/mol. The summed E-state index contributed by atoms with van der Waals surface area (Å²) < 4.78 is 9.06. The van der Waals surface area contributed by atoms with Gasteiger partial charge in [0, 0.05) is 44.0 Å². The van der Waals surface area contributed by atoms with Gasteiger partial charge in [0.05, 0.1) is 22.4 Å². The Hall–Kier alpha value is -8.14. The number of hydrogen-bond acceptors (Lipinski definition) is 2. The number of benzene rings is 10. The van der Waals surface area contributed by atoms with Gasteiger partial charge < -0.3 is 13.9 Å². The molecule has 0 N–H and O–H groups in total. The number of furan rings is 1. The molecule has 0 spiro atoms. The summed E-state index contributed by atoms with van der Waals surface area (Å²) in [5.41, 5.74) is 15.2. The average Bonchev–Trinajstić information content (AvgIpc) is 3.89. The quantitative estimate of drug-likeness (QED) is 0.161. The number of hydrogen-bond donors (Lipinski definition) is 0. The molecule has 0 aliphatic heterocycles. The fraction of sp³-hybridized carbons (Fsp3) is 0. The van der Waals surface area contributed by atoms with E-state index in [1.165, 1.54) is 27.1 Å². The van der Waals surface area contributed by atoms with Crippen LogP contribution in [0.3, 0.4) is 0 Å². The largest absolute Gasteiger partial charge is 0.455 e. The Morgan fingerprint density at radius 3 is 1.85 bits per heavy atom. The molecule has 12 aromatic rings. The van der Waals surface area contributed by atoms with Crippen LogP contribution in [-0.4, -0.2) is 4.57 Å². The third-order valence-corrected chi connectivity index (χ3v) is 12.2. The number of nitrogens with zero attached hydrogens (tertiary/aromatic N) is 2. The zero-order valence-electron chi connectivity index (χ0n) is 33.2. The highest BCUT2D eigenvalue weighted by molar-refractivity contribution is 6.17. The Bertz CT molecular complexity index is 3590. The van der Waals surface area contributed by atoms with Gasteiger partial charge >= 0.3 is 0 Å². The Kier molecular flexibility index (Phi) is 8.17. The number of para-hydroxylation sites is 5. The van der Waals surface area contributed by atoms with Crippen LogP contribution in [0, 0.1) is 0 Å². The molecule has 10 aromatic carbocycles. The van der Waals surface area contributed by atoms with Gasteiger partial charge in [0.25, 0.3) is 0 Å². The Morgan fingerprint density at radius 2 is 0.967 bits per heavy atom. The molecule has 2 aromatic heterocycles. The summed E-state index contributed by atoms with van der Waals surface area (Å²) in [6.07, 6.45) is 0. The minimum atomic E-state index is 0.891. The normalized spacial score (nSPS) is 11.6. The number of aromatic nitrogens is 1. The van der Waals surface area contributed by atoms with Crippen LogP contribution >= 0.6 is 0 Å². The average molecular weight is 779 g/mol. The summed E-state index contributed by atoms with van der Waals surface area (Å²) in [4.78, 5) is 2.49. The van der Waals surface area contributed by atoms with E-state index in [2.05, 4.69) is 234 Å². The Balaban J connectivity index is 1.17. The molecule has 12 rings (SSSR count). The minimum Gasteiger partial charge on any atom is -0.455 e. The second-order valence-electron chi connectivity index (χ2n) is 15.6. The first-order valence-corrected chi connectivity index (χ1v) is 20.9. The molecule has 0 unspecified atom stereocenters. The van der Waals surface area contributed by atoms with Crippen LogP contribution in [0.15, 0.2) is 235 Å². The first-order valence-electron chi connectivity index (χ1n) is 20.9. The smallest absolute Gasteiger partial charge is 0.143 e. The summed E-state index contributed by atoms with van der Waals surface area (Å²) in [5, 5.41) is 7.05. The maximum atomic E-state index is 6.66. The molecule has 0 atom stereocenters. The van der Waals surface area contributed by atoms with Gasteiger partial charge in [-0.2, -0.15) is 0 Å². The van der Waals surface area contributed by atoms with Gasteiger partial charge in [0.1, 0.15) is 11.2 Å². The third-order valence-electron chi connectivity index (χ3n) is 12.2. The van der Waals surface area contributed by atoms with Crippen molar-refractivity contribution in [1.82, 2.24) is 4.57 Å². The summed E-state index contributed by atoms with van der Waals surface area (Å²) in [6.45, 7) is 0. The van der Waals surface area contributed by atoms with E-state index in [4.69, 9.17) is 4.42 Å². The SMILES string of the molecule is c1ccc(-c2cc(N(c3ccccc3-c3cccc4ccccc34)c3cccc4c3c3ccccc3n4-c3ccccc3)ccc2-c2cccc3c2oc2ccccc23)cc1. The van der Waals surface area contributed by atoms with Crippen molar-refractivity contribution >= 4 is 71.6 Å². The van der Waals surface area contributed by atoms with Gasteiger partial charge in [-0.3, -0.25) is 0 Å². The van der Waals surface area contributed by atoms with E-state index in [-0.39, 0.29) is 0 Å². The highest BCUT2D eigenvalue weighted by Crippen LogP contribution is 2.49. The second-order valence-corrected chi connectivity index (χ2v) is 15.6. The summed E-state index contributed by atoms with van der Waals surface area (Å²) >= 11 is 0. The lowest BCUT2D eigenvalue weighted by molar-refractivity contribution is 0.670. The molecule has 61 heavy (non-hydrogen) atoms. The Morgan fingerprint density at radius 1 is 0.361 bits per heavy atom. The van der Waals surface area contributed by atoms with Crippen molar-refractivity contribution in [2.45, 2.75) is 0 Å². The van der Waals surface area contributed by atoms with Gasteiger partial charge in [-0.25, -0.2) is 0 Å². The van der Waals surface area contributed by atoms with Crippen LogP contribution in [0.1, 0.15) is 0 Å². The van der Waals surface area contributed by atoms with Crippen LogP contribution < -0.4 is 4.90 Å². The molecule has 0 radical (unpaired) electrons. The lowest BCUT2D eigenvalue weighted by Gasteiger charge is -2.30. The monoisotopic (exact) mass is 778 g/mol. The third kappa shape index (κ3) is 5.66. The molecule has 0 bridgehead atoms. The maximum Gasteiger partial charge on any atom is 0.143 e. The molecule has 3 heteroatoms. The zero-order chi connectivity index (χ0) is 40.3. The van der Waals surface area contributed by atoms with E-state index in [0.717, 1.165) is 83.5 Å².